The van der Waals surface area contributed by atoms with Gasteiger partial charge in [-0.2, -0.15) is 4.98 Å². The second-order valence-corrected chi connectivity index (χ2v) is 11.4. The number of fused-ring (bicyclic) bond motifs is 9. The Morgan fingerprint density at radius 2 is 1.59 bits per heavy atom. The third-order valence-corrected chi connectivity index (χ3v) is 9.18. The quantitative estimate of drug-likeness (QED) is 0.228. The number of rotatable bonds is 2. The van der Waals surface area contributed by atoms with Crippen molar-refractivity contribution in [2.24, 2.45) is 0 Å². The van der Waals surface area contributed by atoms with Crippen LogP contribution in [0.2, 0.25) is 0 Å². The molecule has 39 heavy (non-hydrogen) atoms. The van der Waals surface area contributed by atoms with Crippen LogP contribution in [0.4, 0.5) is 0 Å². The molecule has 0 spiro atoms. The molecule has 0 N–H and O–H groups in total. The molecule has 0 amide bonds. The van der Waals surface area contributed by atoms with Gasteiger partial charge in [0.2, 0.25) is 0 Å². The molecule has 184 valence electrons. The minimum absolute atomic E-state index is 0.605. The van der Waals surface area contributed by atoms with Crippen molar-refractivity contribution < 1.29 is 4.42 Å². The number of benzene rings is 5. The van der Waals surface area contributed by atoms with Crippen molar-refractivity contribution in [1.29, 1.82) is 0 Å². The molecule has 3 heterocycles. The van der Waals surface area contributed by atoms with Gasteiger partial charge in [0, 0.05) is 30.9 Å². The van der Waals surface area contributed by atoms with Gasteiger partial charge in [0.25, 0.3) is 0 Å². The van der Waals surface area contributed by atoms with Gasteiger partial charge in [-0.15, -0.1) is 11.3 Å². The highest BCUT2D eigenvalue weighted by atomic mass is 32.1. The predicted molar refractivity (Wildman–Crippen MR) is 165 cm³/mol. The van der Waals surface area contributed by atoms with Crippen LogP contribution in [0.1, 0.15) is 18.4 Å². The van der Waals surface area contributed by atoms with Gasteiger partial charge in [-0.1, -0.05) is 72.8 Å². The molecule has 0 aliphatic heterocycles. The van der Waals surface area contributed by atoms with Crippen LogP contribution in [-0.4, -0.2) is 9.55 Å². The van der Waals surface area contributed by atoms with Gasteiger partial charge in [-0.05, 0) is 71.1 Å². The first-order valence-corrected chi connectivity index (χ1v) is 14.2. The number of thiophene rings is 1. The number of allylic oxidation sites excluding steroid dienone is 4. The number of nitrogens with zero attached hydrogens (tertiary/aromatic N) is 2. The molecular formula is C35H22N2OS. The Morgan fingerprint density at radius 3 is 2.49 bits per heavy atom. The summed E-state index contributed by atoms with van der Waals surface area (Å²) in [4.78, 5) is 5.20. The summed E-state index contributed by atoms with van der Waals surface area (Å²) in [5.41, 5.74) is 6.48. The standard InChI is InChI=1S/C35H22N2OS/c1-2-9-21(10-3-1)24-14-8-15-27-32(24)26-19-22-11-4-5-12-23(22)20-28(26)37(27)35-36-34-29(38-35)17-18-31-33(34)25-13-6-7-16-30(25)39-31/h2,4-20H,1,3H2. The zero-order valence-electron chi connectivity index (χ0n) is 21.0. The van der Waals surface area contributed by atoms with Gasteiger partial charge in [0.05, 0.1) is 11.0 Å². The molecule has 5 aromatic carbocycles. The Morgan fingerprint density at radius 1 is 0.718 bits per heavy atom. The second-order valence-electron chi connectivity index (χ2n) is 10.3. The first kappa shape index (κ1) is 21.3. The van der Waals surface area contributed by atoms with Crippen LogP contribution in [0.3, 0.4) is 0 Å². The lowest BCUT2D eigenvalue weighted by atomic mass is 9.95. The highest BCUT2D eigenvalue weighted by Crippen LogP contribution is 2.42. The second kappa shape index (κ2) is 7.92. The summed E-state index contributed by atoms with van der Waals surface area (Å²) in [6.07, 6.45) is 9.07. The van der Waals surface area contributed by atoms with Gasteiger partial charge in [-0.25, -0.2) is 0 Å². The Hall–Kier alpha value is -4.67. The molecular weight excluding hydrogens is 496 g/mol. The van der Waals surface area contributed by atoms with Crippen LogP contribution >= 0.6 is 11.3 Å². The van der Waals surface area contributed by atoms with E-state index >= 15 is 0 Å². The van der Waals surface area contributed by atoms with E-state index in [0.29, 0.717) is 6.01 Å². The smallest absolute Gasteiger partial charge is 0.307 e. The first-order valence-electron chi connectivity index (χ1n) is 13.4. The number of hydrogen-bond donors (Lipinski definition) is 0. The molecule has 0 atom stereocenters. The van der Waals surface area contributed by atoms with E-state index in [9.17, 15) is 0 Å². The summed E-state index contributed by atoms with van der Waals surface area (Å²) in [6.45, 7) is 0. The van der Waals surface area contributed by atoms with Gasteiger partial charge >= 0.3 is 6.01 Å². The van der Waals surface area contributed by atoms with Crippen molar-refractivity contribution in [3.63, 3.8) is 0 Å². The highest BCUT2D eigenvalue weighted by molar-refractivity contribution is 7.26. The maximum Gasteiger partial charge on any atom is 0.307 e. The molecule has 0 saturated heterocycles. The maximum absolute atomic E-state index is 6.58. The summed E-state index contributed by atoms with van der Waals surface area (Å²) < 4.78 is 11.3. The monoisotopic (exact) mass is 518 g/mol. The zero-order chi connectivity index (χ0) is 25.5. The third-order valence-electron chi connectivity index (χ3n) is 8.04. The average molecular weight is 519 g/mol. The molecule has 3 aromatic heterocycles. The fourth-order valence-electron chi connectivity index (χ4n) is 6.30. The van der Waals surface area contributed by atoms with E-state index in [-0.39, 0.29) is 0 Å². The van der Waals surface area contributed by atoms with Crippen molar-refractivity contribution in [3.05, 3.63) is 115 Å². The molecule has 0 bridgehead atoms. The van der Waals surface area contributed by atoms with Crippen LogP contribution < -0.4 is 0 Å². The van der Waals surface area contributed by atoms with E-state index in [1.54, 1.807) is 11.3 Å². The molecule has 9 rings (SSSR count). The Labute approximate surface area is 227 Å². The number of oxazole rings is 1. The van der Waals surface area contributed by atoms with Crippen LogP contribution in [0, 0.1) is 0 Å². The van der Waals surface area contributed by atoms with E-state index in [1.165, 1.54) is 52.9 Å². The normalized spacial score (nSPS) is 14.0. The Balaban J connectivity index is 1.42. The van der Waals surface area contributed by atoms with Gasteiger partial charge < -0.3 is 4.42 Å². The van der Waals surface area contributed by atoms with Crippen molar-refractivity contribution in [1.82, 2.24) is 9.55 Å². The van der Waals surface area contributed by atoms with Crippen LogP contribution in [0.15, 0.2) is 114 Å². The van der Waals surface area contributed by atoms with Gasteiger partial charge in [0.1, 0.15) is 5.52 Å². The summed E-state index contributed by atoms with van der Waals surface area (Å²) in [5, 5.41) is 7.30. The summed E-state index contributed by atoms with van der Waals surface area (Å²) in [5.74, 6) is 0. The van der Waals surface area contributed by atoms with Crippen molar-refractivity contribution in [2.45, 2.75) is 12.8 Å². The lowest BCUT2D eigenvalue weighted by molar-refractivity contribution is 0.574. The number of hydrogen-bond acceptors (Lipinski definition) is 3. The molecule has 8 aromatic rings. The van der Waals surface area contributed by atoms with Crippen molar-refractivity contribution in [2.75, 3.05) is 0 Å². The Kier molecular flexibility index (Phi) is 4.32. The molecule has 1 aliphatic rings. The molecule has 0 radical (unpaired) electrons. The molecule has 3 nitrogen and oxygen atoms in total. The number of aromatic nitrogens is 2. The van der Waals surface area contributed by atoms with E-state index in [2.05, 4.69) is 114 Å². The van der Waals surface area contributed by atoms with E-state index < -0.39 is 0 Å². The molecule has 0 fully saturated rings. The minimum Gasteiger partial charge on any atom is -0.423 e. The Bertz CT molecular complexity index is 2340. The molecule has 0 saturated carbocycles. The van der Waals surface area contributed by atoms with Crippen LogP contribution in [0.5, 0.6) is 0 Å². The highest BCUT2D eigenvalue weighted by Gasteiger charge is 2.22. The van der Waals surface area contributed by atoms with Gasteiger partial charge in [0.15, 0.2) is 5.58 Å². The van der Waals surface area contributed by atoms with Crippen molar-refractivity contribution >= 4 is 80.8 Å². The fourth-order valence-corrected chi connectivity index (χ4v) is 7.41. The lowest BCUT2D eigenvalue weighted by Crippen LogP contribution is -1.94. The third kappa shape index (κ3) is 3.01. The lowest BCUT2D eigenvalue weighted by Gasteiger charge is -2.09. The SMILES string of the molecule is C1=CC(c2cccc3c2c2cc4ccccc4cc2n3-c2nc3c(ccc4sc5ccccc5c43)o2)=CCC1. The predicted octanol–water partition coefficient (Wildman–Crippen LogP) is 10.2. The summed E-state index contributed by atoms with van der Waals surface area (Å²) in [6, 6.07) is 33.2. The van der Waals surface area contributed by atoms with E-state index in [0.717, 1.165) is 35.0 Å². The van der Waals surface area contributed by atoms with Crippen LogP contribution in [-0.2, 0) is 0 Å². The summed E-state index contributed by atoms with van der Waals surface area (Å²) >= 11 is 1.81. The fraction of sp³-hybridized carbons (Fsp3) is 0.0571. The van der Waals surface area contributed by atoms with Gasteiger partial charge in [-0.3, -0.25) is 4.57 Å². The van der Waals surface area contributed by atoms with E-state index in [1.807, 2.05) is 0 Å². The topological polar surface area (TPSA) is 31.0 Å². The molecule has 4 heteroatoms. The zero-order valence-corrected chi connectivity index (χ0v) is 21.8. The molecule has 1 aliphatic carbocycles. The van der Waals surface area contributed by atoms with Crippen LogP contribution in [0.25, 0.3) is 75.4 Å². The summed E-state index contributed by atoms with van der Waals surface area (Å²) in [7, 11) is 0. The molecule has 0 unspecified atom stereocenters. The van der Waals surface area contributed by atoms with Crippen molar-refractivity contribution in [3.8, 4) is 6.01 Å². The largest absolute Gasteiger partial charge is 0.423 e. The average Bonchev–Trinajstić information content (AvgIpc) is 3.67. The first-order chi connectivity index (χ1) is 19.3. The maximum atomic E-state index is 6.58. The minimum atomic E-state index is 0.605. The van der Waals surface area contributed by atoms with E-state index in [4.69, 9.17) is 9.40 Å².